The summed E-state index contributed by atoms with van der Waals surface area (Å²) in [7, 11) is -3.71. The molecule has 1 heterocycles. The molecule has 5 nitrogen and oxygen atoms in total. The monoisotopic (exact) mass is 439 g/mol. The number of halogens is 2. The van der Waals surface area contributed by atoms with Gasteiger partial charge in [-0.2, -0.15) is 4.31 Å². The molecule has 116 valence electrons. The number of carbonyl (C=O) groups is 1. The Morgan fingerprint density at radius 3 is 2.67 bits per heavy atom. The smallest absolute Gasteiger partial charge is 0.304 e. The predicted octanol–water partition coefficient (Wildman–Crippen LogP) is 3.15. The zero-order chi connectivity index (χ0) is 15.8. The largest absolute Gasteiger partial charge is 0.481 e. The summed E-state index contributed by atoms with van der Waals surface area (Å²) in [6.45, 7) is 2.23. The molecule has 0 radical (unpaired) electrons. The Kier molecular flexibility index (Phi) is 5.12. The van der Waals surface area contributed by atoms with Crippen molar-refractivity contribution in [3.8, 4) is 0 Å². The van der Waals surface area contributed by atoms with Gasteiger partial charge in [0.25, 0.3) is 0 Å². The lowest BCUT2D eigenvalue weighted by Gasteiger charge is -2.23. The summed E-state index contributed by atoms with van der Waals surface area (Å²) in [5, 5.41) is 8.92. The Morgan fingerprint density at radius 1 is 1.38 bits per heavy atom. The van der Waals surface area contributed by atoms with Crippen LogP contribution in [0.25, 0.3) is 0 Å². The molecule has 0 bridgehead atoms. The number of benzene rings is 1. The zero-order valence-corrected chi connectivity index (χ0v) is 15.3. The van der Waals surface area contributed by atoms with Gasteiger partial charge in [-0.1, -0.05) is 15.9 Å². The van der Waals surface area contributed by atoms with Gasteiger partial charge in [0.15, 0.2) is 0 Å². The van der Waals surface area contributed by atoms with Gasteiger partial charge in [0, 0.05) is 21.5 Å². The fraction of sp³-hybridized carbons (Fsp3) is 0.462. The maximum Gasteiger partial charge on any atom is 0.304 e. The summed E-state index contributed by atoms with van der Waals surface area (Å²) >= 11 is 6.63. The first kappa shape index (κ1) is 16.9. The molecule has 1 aromatic rings. The molecule has 21 heavy (non-hydrogen) atoms. The van der Waals surface area contributed by atoms with Crippen LogP contribution in [0.3, 0.4) is 0 Å². The Bertz CT molecular complexity index is 675. The molecule has 0 saturated carbocycles. The zero-order valence-electron chi connectivity index (χ0n) is 11.3. The molecule has 0 aromatic heterocycles. The van der Waals surface area contributed by atoms with E-state index in [9.17, 15) is 13.2 Å². The van der Waals surface area contributed by atoms with E-state index in [1.165, 1.54) is 4.31 Å². The highest BCUT2D eigenvalue weighted by atomic mass is 79.9. The van der Waals surface area contributed by atoms with Crippen molar-refractivity contribution in [1.29, 1.82) is 0 Å². The van der Waals surface area contributed by atoms with Crippen LogP contribution in [0.4, 0.5) is 0 Å². The van der Waals surface area contributed by atoms with Crippen LogP contribution in [-0.4, -0.2) is 36.4 Å². The Balaban J connectivity index is 2.42. The first-order chi connectivity index (χ1) is 9.73. The molecule has 1 aromatic carbocycles. The molecule has 1 atom stereocenters. The van der Waals surface area contributed by atoms with Gasteiger partial charge in [-0.05, 0) is 53.4 Å². The summed E-state index contributed by atoms with van der Waals surface area (Å²) < 4.78 is 28.1. The van der Waals surface area contributed by atoms with Crippen molar-refractivity contribution in [2.75, 3.05) is 6.54 Å². The van der Waals surface area contributed by atoms with Crippen LogP contribution in [0, 0.1) is 6.92 Å². The van der Waals surface area contributed by atoms with Gasteiger partial charge in [-0.25, -0.2) is 8.42 Å². The lowest BCUT2D eigenvalue weighted by molar-refractivity contribution is -0.137. The van der Waals surface area contributed by atoms with Crippen LogP contribution < -0.4 is 0 Å². The summed E-state index contributed by atoms with van der Waals surface area (Å²) in [5.41, 5.74) is 0.921. The van der Waals surface area contributed by atoms with Crippen LogP contribution in [0.15, 0.2) is 26.0 Å². The van der Waals surface area contributed by atoms with E-state index in [-0.39, 0.29) is 11.3 Å². The summed E-state index contributed by atoms with van der Waals surface area (Å²) in [5.74, 6) is -0.980. The quantitative estimate of drug-likeness (QED) is 0.780. The number of carboxylic acid groups (broad SMARTS) is 1. The van der Waals surface area contributed by atoms with Crippen molar-refractivity contribution < 1.29 is 18.3 Å². The van der Waals surface area contributed by atoms with E-state index in [4.69, 9.17) is 5.11 Å². The number of hydrogen-bond donors (Lipinski definition) is 1. The van der Waals surface area contributed by atoms with Crippen molar-refractivity contribution in [3.63, 3.8) is 0 Å². The van der Waals surface area contributed by atoms with E-state index in [1.54, 1.807) is 12.1 Å². The molecule has 0 aliphatic carbocycles. The lowest BCUT2D eigenvalue weighted by Crippen LogP contribution is -2.37. The normalized spacial score (nSPS) is 19.9. The van der Waals surface area contributed by atoms with E-state index < -0.39 is 22.0 Å². The van der Waals surface area contributed by atoms with Gasteiger partial charge in [-0.3, -0.25) is 4.79 Å². The fourth-order valence-electron chi connectivity index (χ4n) is 2.48. The molecule has 1 aliphatic rings. The number of nitrogens with zero attached hydrogens (tertiary/aromatic N) is 1. The van der Waals surface area contributed by atoms with Gasteiger partial charge in [0.1, 0.15) is 0 Å². The maximum atomic E-state index is 12.8. The molecular formula is C13H15Br2NO4S. The average Bonchev–Trinajstić information content (AvgIpc) is 2.81. The second kappa shape index (κ2) is 6.36. The molecule has 0 spiro atoms. The molecule has 1 unspecified atom stereocenters. The van der Waals surface area contributed by atoms with Crippen LogP contribution in [0.5, 0.6) is 0 Å². The van der Waals surface area contributed by atoms with E-state index in [0.717, 1.165) is 5.56 Å². The third-order valence-corrected chi connectivity index (χ3v) is 7.30. The van der Waals surface area contributed by atoms with Crippen molar-refractivity contribution in [3.05, 3.63) is 26.6 Å². The van der Waals surface area contributed by atoms with Crippen molar-refractivity contribution in [1.82, 2.24) is 4.31 Å². The first-order valence-corrected chi connectivity index (χ1v) is 9.45. The fourth-order valence-corrected chi connectivity index (χ4v) is 5.82. The Hall–Kier alpha value is -0.440. The predicted molar refractivity (Wildman–Crippen MR) is 85.7 cm³/mol. The number of aliphatic carboxylic acids is 1. The third-order valence-electron chi connectivity index (χ3n) is 3.53. The minimum Gasteiger partial charge on any atom is -0.481 e. The minimum atomic E-state index is -3.71. The second-order valence-electron chi connectivity index (χ2n) is 5.04. The van der Waals surface area contributed by atoms with Gasteiger partial charge >= 0.3 is 5.97 Å². The summed E-state index contributed by atoms with van der Waals surface area (Å²) in [6.07, 6.45) is 1.10. The number of sulfonamides is 1. The summed E-state index contributed by atoms with van der Waals surface area (Å²) in [4.78, 5) is 11.1. The third kappa shape index (κ3) is 3.49. The number of aryl methyl sites for hydroxylation is 1. The van der Waals surface area contributed by atoms with Gasteiger partial charge in [0.05, 0.1) is 11.3 Å². The number of carboxylic acids is 1. The molecule has 1 aliphatic heterocycles. The van der Waals surface area contributed by atoms with Crippen molar-refractivity contribution in [2.45, 2.75) is 37.1 Å². The SMILES string of the molecule is Cc1cc(Br)c(S(=O)(=O)N2CCCC2CC(=O)O)cc1Br. The minimum absolute atomic E-state index is 0.163. The number of rotatable bonds is 4. The van der Waals surface area contributed by atoms with E-state index >= 15 is 0 Å². The highest BCUT2D eigenvalue weighted by Crippen LogP contribution is 2.34. The van der Waals surface area contributed by atoms with Gasteiger partial charge < -0.3 is 5.11 Å². The van der Waals surface area contributed by atoms with Gasteiger partial charge in [-0.15, -0.1) is 0 Å². The van der Waals surface area contributed by atoms with Crippen LogP contribution in [0.1, 0.15) is 24.8 Å². The molecule has 1 fully saturated rings. The highest BCUT2D eigenvalue weighted by molar-refractivity contribution is 9.11. The Labute approximate surface area is 140 Å². The van der Waals surface area contributed by atoms with Crippen LogP contribution >= 0.6 is 31.9 Å². The van der Waals surface area contributed by atoms with Crippen molar-refractivity contribution >= 4 is 47.9 Å². The first-order valence-electron chi connectivity index (χ1n) is 6.42. The molecule has 1 saturated heterocycles. The average molecular weight is 441 g/mol. The van der Waals surface area contributed by atoms with Crippen molar-refractivity contribution in [2.24, 2.45) is 0 Å². The van der Waals surface area contributed by atoms with Gasteiger partial charge in [0.2, 0.25) is 10.0 Å². The van der Waals surface area contributed by atoms with Crippen LogP contribution in [-0.2, 0) is 14.8 Å². The Morgan fingerprint density at radius 2 is 2.05 bits per heavy atom. The maximum absolute atomic E-state index is 12.8. The molecule has 8 heteroatoms. The summed E-state index contributed by atoms with van der Waals surface area (Å²) in [6, 6.07) is 2.82. The molecular weight excluding hydrogens is 426 g/mol. The number of hydrogen-bond acceptors (Lipinski definition) is 3. The van der Waals surface area contributed by atoms with E-state index in [0.29, 0.717) is 28.3 Å². The topological polar surface area (TPSA) is 74.7 Å². The van der Waals surface area contributed by atoms with Crippen LogP contribution in [0.2, 0.25) is 0 Å². The lowest BCUT2D eigenvalue weighted by atomic mass is 10.2. The highest BCUT2D eigenvalue weighted by Gasteiger charge is 2.37. The standard InChI is InChI=1S/C13H15Br2NO4S/c1-8-5-11(15)12(7-10(8)14)21(19,20)16-4-2-3-9(16)6-13(17)18/h5,7,9H,2-4,6H2,1H3,(H,17,18). The molecule has 2 rings (SSSR count). The second-order valence-corrected chi connectivity index (χ2v) is 8.61. The molecule has 1 N–H and O–H groups in total. The van der Waals surface area contributed by atoms with E-state index in [2.05, 4.69) is 31.9 Å². The molecule has 0 amide bonds. The van der Waals surface area contributed by atoms with E-state index in [1.807, 2.05) is 6.92 Å².